The van der Waals surface area contributed by atoms with Gasteiger partial charge in [-0.05, 0) is 36.2 Å². The van der Waals surface area contributed by atoms with Crippen LogP contribution in [-0.2, 0) is 6.42 Å². The molecule has 2 amide bonds. The summed E-state index contributed by atoms with van der Waals surface area (Å²) < 4.78 is 10.8. The van der Waals surface area contributed by atoms with Crippen molar-refractivity contribution in [2.45, 2.75) is 13.3 Å². The molecule has 0 atom stereocenters. The topological polar surface area (TPSA) is 59.6 Å². The molecule has 0 saturated carbocycles. The van der Waals surface area contributed by atoms with Gasteiger partial charge in [0.05, 0.1) is 19.3 Å². The smallest absolute Gasteiger partial charge is 0.319 e. The van der Waals surface area contributed by atoms with Crippen LogP contribution in [0.25, 0.3) is 0 Å². The van der Waals surface area contributed by atoms with E-state index in [0.717, 1.165) is 12.2 Å². The first-order valence-electron chi connectivity index (χ1n) is 7.62. The zero-order chi connectivity index (χ0) is 16.5. The summed E-state index contributed by atoms with van der Waals surface area (Å²) in [4.78, 5) is 11.8. The molecule has 0 unspecified atom stereocenters. The van der Waals surface area contributed by atoms with Crippen LogP contribution in [0.2, 0.25) is 0 Å². The zero-order valence-corrected chi connectivity index (χ0v) is 13.5. The van der Waals surface area contributed by atoms with Crippen molar-refractivity contribution in [2.75, 3.05) is 25.6 Å². The number of benzene rings is 2. The van der Waals surface area contributed by atoms with Crippen LogP contribution in [0.5, 0.6) is 11.5 Å². The molecule has 5 heteroatoms. The van der Waals surface area contributed by atoms with E-state index in [1.54, 1.807) is 19.2 Å². The summed E-state index contributed by atoms with van der Waals surface area (Å²) in [6, 6.07) is 14.9. The Hall–Kier alpha value is -2.69. The third-order valence-corrected chi connectivity index (χ3v) is 3.34. The number of hydrogen-bond acceptors (Lipinski definition) is 3. The number of rotatable bonds is 7. The molecule has 0 heterocycles. The van der Waals surface area contributed by atoms with Gasteiger partial charge in [0.25, 0.3) is 0 Å². The summed E-state index contributed by atoms with van der Waals surface area (Å²) in [6.07, 6.45) is 1.00. The van der Waals surface area contributed by atoms with Gasteiger partial charge in [0.1, 0.15) is 18.1 Å². The number of anilines is 1. The first-order chi connectivity index (χ1) is 11.2. The second-order valence-corrected chi connectivity index (χ2v) is 4.93. The van der Waals surface area contributed by atoms with E-state index in [2.05, 4.69) is 17.6 Å². The Labute approximate surface area is 136 Å². The van der Waals surface area contributed by atoms with Gasteiger partial charge >= 0.3 is 6.03 Å². The Morgan fingerprint density at radius 1 is 1.09 bits per heavy atom. The monoisotopic (exact) mass is 314 g/mol. The minimum atomic E-state index is -0.292. The SMILES string of the molecule is CCc1ccc(OCCNC(=O)Nc2ccccc2OC)cc1. The molecule has 2 aromatic rings. The summed E-state index contributed by atoms with van der Waals surface area (Å²) in [5.74, 6) is 1.42. The molecule has 5 nitrogen and oxygen atoms in total. The van der Waals surface area contributed by atoms with Crippen LogP contribution in [0.4, 0.5) is 10.5 Å². The second kappa shape index (κ2) is 8.68. The molecule has 2 N–H and O–H groups in total. The fourth-order valence-corrected chi connectivity index (χ4v) is 2.07. The molecule has 2 aromatic carbocycles. The maximum absolute atomic E-state index is 11.8. The van der Waals surface area contributed by atoms with Crippen LogP contribution in [0.3, 0.4) is 0 Å². The Balaban J connectivity index is 1.72. The van der Waals surface area contributed by atoms with Crippen LogP contribution in [0.15, 0.2) is 48.5 Å². The van der Waals surface area contributed by atoms with Gasteiger partial charge in [0.2, 0.25) is 0 Å². The molecule has 2 rings (SSSR count). The van der Waals surface area contributed by atoms with E-state index >= 15 is 0 Å². The molecular weight excluding hydrogens is 292 g/mol. The number of amides is 2. The predicted molar refractivity (Wildman–Crippen MR) is 91.3 cm³/mol. The van der Waals surface area contributed by atoms with Gasteiger partial charge in [-0.2, -0.15) is 0 Å². The first-order valence-corrected chi connectivity index (χ1v) is 7.62. The summed E-state index contributed by atoms with van der Waals surface area (Å²) in [6.45, 7) is 2.93. The standard InChI is InChI=1S/C18H22N2O3/c1-3-14-8-10-15(11-9-14)23-13-12-19-18(21)20-16-6-4-5-7-17(16)22-2/h4-11H,3,12-13H2,1-2H3,(H2,19,20,21). The number of ether oxygens (including phenoxy) is 2. The highest BCUT2D eigenvalue weighted by molar-refractivity contribution is 5.90. The third-order valence-electron chi connectivity index (χ3n) is 3.34. The van der Waals surface area contributed by atoms with Gasteiger partial charge in [-0.15, -0.1) is 0 Å². The van der Waals surface area contributed by atoms with Gasteiger partial charge in [0, 0.05) is 0 Å². The van der Waals surface area contributed by atoms with Crippen molar-refractivity contribution in [3.63, 3.8) is 0 Å². The highest BCUT2D eigenvalue weighted by Crippen LogP contribution is 2.22. The number of aryl methyl sites for hydroxylation is 1. The molecule has 0 saturated heterocycles. The van der Waals surface area contributed by atoms with E-state index in [-0.39, 0.29) is 6.03 Å². The van der Waals surface area contributed by atoms with Gasteiger partial charge in [-0.25, -0.2) is 4.79 Å². The molecule has 0 fully saturated rings. The first kappa shape index (κ1) is 16.7. The van der Waals surface area contributed by atoms with Crippen LogP contribution in [0.1, 0.15) is 12.5 Å². The van der Waals surface area contributed by atoms with E-state index in [4.69, 9.17) is 9.47 Å². The lowest BCUT2D eigenvalue weighted by atomic mass is 10.2. The molecule has 0 aromatic heterocycles. The van der Waals surface area contributed by atoms with E-state index in [1.807, 2.05) is 36.4 Å². The highest BCUT2D eigenvalue weighted by Gasteiger charge is 2.05. The lowest BCUT2D eigenvalue weighted by molar-refractivity contribution is 0.247. The maximum atomic E-state index is 11.8. The number of urea groups is 1. The molecule has 0 aliphatic rings. The molecule has 122 valence electrons. The van der Waals surface area contributed by atoms with Crippen molar-refractivity contribution in [3.05, 3.63) is 54.1 Å². The molecular formula is C18H22N2O3. The summed E-state index contributed by atoms with van der Waals surface area (Å²) in [7, 11) is 1.57. The van der Waals surface area contributed by atoms with Crippen molar-refractivity contribution in [2.24, 2.45) is 0 Å². The van der Waals surface area contributed by atoms with E-state index < -0.39 is 0 Å². The van der Waals surface area contributed by atoms with Crippen molar-refractivity contribution >= 4 is 11.7 Å². The average Bonchev–Trinajstić information content (AvgIpc) is 2.59. The van der Waals surface area contributed by atoms with Crippen LogP contribution >= 0.6 is 0 Å². The number of hydrogen-bond donors (Lipinski definition) is 2. The fourth-order valence-electron chi connectivity index (χ4n) is 2.07. The van der Waals surface area contributed by atoms with Crippen molar-refractivity contribution in [1.82, 2.24) is 5.32 Å². The number of carbonyl (C=O) groups excluding carboxylic acids is 1. The Bertz CT molecular complexity index is 626. The Morgan fingerprint density at radius 2 is 1.83 bits per heavy atom. The number of para-hydroxylation sites is 2. The van der Waals surface area contributed by atoms with Crippen LogP contribution < -0.4 is 20.1 Å². The molecule has 0 aliphatic heterocycles. The van der Waals surface area contributed by atoms with E-state index in [0.29, 0.717) is 24.6 Å². The van der Waals surface area contributed by atoms with Gasteiger partial charge in [-0.1, -0.05) is 31.2 Å². The number of methoxy groups -OCH3 is 1. The van der Waals surface area contributed by atoms with Crippen LogP contribution in [-0.4, -0.2) is 26.3 Å². The molecule has 0 bridgehead atoms. The Kier molecular flexibility index (Phi) is 6.29. The van der Waals surface area contributed by atoms with Crippen molar-refractivity contribution < 1.29 is 14.3 Å². The van der Waals surface area contributed by atoms with E-state index in [1.165, 1.54) is 5.56 Å². The van der Waals surface area contributed by atoms with Gasteiger partial charge < -0.3 is 20.1 Å². The molecule has 0 spiro atoms. The largest absolute Gasteiger partial charge is 0.495 e. The average molecular weight is 314 g/mol. The number of carbonyl (C=O) groups is 1. The van der Waals surface area contributed by atoms with Crippen molar-refractivity contribution in [3.8, 4) is 11.5 Å². The summed E-state index contributed by atoms with van der Waals surface area (Å²) in [5, 5.41) is 5.49. The predicted octanol–water partition coefficient (Wildman–Crippen LogP) is 3.46. The summed E-state index contributed by atoms with van der Waals surface area (Å²) >= 11 is 0. The maximum Gasteiger partial charge on any atom is 0.319 e. The van der Waals surface area contributed by atoms with Gasteiger partial charge in [0.15, 0.2) is 0 Å². The lowest BCUT2D eigenvalue weighted by Crippen LogP contribution is -2.32. The fraction of sp³-hybridized carbons (Fsp3) is 0.278. The quantitative estimate of drug-likeness (QED) is 0.770. The van der Waals surface area contributed by atoms with E-state index in [9.17, 15) is 4.79 Å². The van der Waals surface area contributed by atoms with Crippen LogP contribution in [0, 0.1) is 0 Å². The lowest BCUT2D eigenvalue weighted by Gasteiger charge is -2.11. The number of nitrogens with one attached hydrogen (secondary N) is 2. The molecule has 0 radical (unpaired) electrons. The highest BCUT2D eigenvalue weighted by atomic mass is 16.5. The van der Waals surface area contributed by atoms with Gasteiger partial charge in [-0.3, -0.25) is 0 Å². The minimum Gasteiger partial charge on any atom is -0.495 e. The normalized spacial score (nSPS) is 10.0. The minimum absolute atomic E-state index is 0.292. The van der Waals surface area contributed by atoms with Crippen molar-refractivity contribution in [1.29, 1.82) is 0 Å². The zero-order valence-electron chi connectivity index (χ0n) is 13.5. The molecule has 23 heavy (non-hydrogen) atoms. The Morgan fingerprint density at radius 3 is 2.52 bits per heavy atom. The molecule has 0 aliphatic carbocycles. The second-order valence-electron chi connectivity index (χ2n) is 4.93. The summed E-state index contributed by atoms with van der Waals surface area (Å²) in [5.41, 5.74) is 1.90. The third kappa shape index (κ3) is 5.21.